The van der Waals surface area contributed by atoms with Gasteiger partial charge in [-0.1, -0.05) is 43.2 Å². The summed E-state index contributed by atoms with van der Waals surface area (Å²) in [6.45, 7) is 0.865. The zero-order valence-electron chi connectivity index (χ0n) is 11.1. The van der Waals surface area contributed by atoms with Crippen molar-refractivity contribution in [1.82, 2.24) is 5.32 Å². The number of fused-ring (bicyclic) bond motifs is 1. The normalized spacial score (nSPS) is 33.9. The highest BCUT2D eigenvalue weighted by Crippen LogP contribution is 2.49. The Hall–Kier alpha value is -1.35. The summed E-state index contributed by atoms with van der Waals surface area (Å²) in [5, 5.41) is 12.8. The second-order valence-corrected chi connectivity index (χ2v) is 6.02. The Balaban J connectivity index is 1.92. The van der Waals surface area contributed by atoms with Crippen molar-refractivity contribution in [3.8, 4) is 0 Å². The van der Waals surface area contributed by atoms with Gasteiger partial charge in [0.25, 0.3) is 0 Å². The van der Waals surface area contributed by atoms with Gasteiger partial charge in [-0.05, 0) is 37.3 Å². The van der Waals surface area contributed by atoms with Gasteiger partial charge < -0.3 is 10.4 Å². The molecule has 1 aliphatic heterocycles. The van der Waals surface area contributed by atoms with Crippen LogP contribution in [0, 0.1) is 11.3 Å². The van der Waals surface area contributed by atoms with E-state index in [2.05, 4.69) is 17.4 Å². The second kappa shape index (κ2) is 4.97. The fraction of sp³-hybridized carbons (Fsp3) is 0.562. The maximum absolute atomic E-state index is 11.6. The fourth-order valence-corrected chi connectivity index (χ4v) is 4.13. The highest BCUT2D eigenvalue weighted by molar-refractivity contribution is 5.75. The molecule has 0 spiro atoms. The van der Waals surface area contributed by atoms with E-state index in [1.807, 2.05) is 18.2 Å². The van der Waals surface area contributed by atoms with Crippen LogP contribution in [0.2, 0.25) is 0 Å². The van der Waals surface area contributed by atoms with E-state index in [1.165, 1.54) is 18.4 Å². The Kier molecular flexibility index (Phi) is 3.31. The smallest absolute Gasteiger partial charge is 0.321 e. The first-order chi connectivity index (χ1) is 9.22. The SMILES string of the molecule is O=C(O)[C@H]1NC[C@@H]2CCCC[C@@]21Cc1ccccc1. The third kappa shape index (κ3) is 2.16. The number of benzene rings is 1. The van der Waals surface area contributed by atoms with Gasteiger partial charge in [-0.15, -0.1) is 0 Å². The van der Waals surface area contributed by atoms with E-state index in [9.17, 15) is 9.90 Å². The van der Waals surface area contributed by atoms with Crippen LogP contribution in [0.15, 0.2) is 30.3 Å². The molecule has 0 bridgehead atoms. The zero-order valence-corrected chi connectivity index (χ0v) is 11.1. The van der Waals surface area contributed by atoms with Gasteiger partial charge in [0.05, 0.1) is 0 Å². The lowest BCUT2D eigenvalue weighted by Gasteiger charge is -2.41. The van der Waals surface area contributed by atoms with Crippen LogP contribution in [0.3, 0.4) is 0 Å². The molecule has 1 aliphatic carbocycles. The number of nitrogens with one attached hydrogen (secondary N) is 1. The van der Waals surface area contributed by atoms with Crippen molar-refractivity contribution in [2.24, 2.45) is 11.3 Å². The van der Waals surface area contributed by atoms with E-state index < -0.39 is 5.97 Å². The van der Waals surface area contributed by atoms with Crippen LogP contribution < -0.4 is 5.32 Å². The van der Waals surface area contributed by atoms with Gasteiger partial charge in [0, 0.05) is 5.41 Å². The molecule has 3 rings (SSSR count). The van der Waals surface area contributed by atoms with E-state index in [4.69, 9.17) is 0 Å². The number of hydrogen-bond acceptors (Lipinski definition) is 2. The first kappa shape index (κ1) is 12.7. The number of carbonyl (C=O) groups is 1. The molecule has 0 aromatic heterocycles. The minimum absolute atomic E-state index is 0.0779. The molecule has 3 nitrogen and oxygen atoms in total. The van der Waals surface area contributed by atoms with Crippen LogP contribution >= 0.6 is 0 Å². The van der Waals surface area contributed by atoms with E-state index >= 15 is 0 Å². The van der Waals surface area contributed by atoms with Crippen molar-refractivity contribution in [2.75, 3.05) is 6.54 Å². The van der Waals surface area contributed by atoms with Gasteiger partial charge in [0.2, 0.25) is 0 Å². The summed E-state index contributed by atoms with van der Waals surface area (Å²) in [5.74, 6) is -0.164. The third-order valence-corrected chi connectivity index (χ3v) is 5.02. The highest BCUT2D eigenvalue weighted by Gasteiger charge is 2.53. The molecule has 1 saturated carbocycles. The number of aliphatic carboxylic acids is 1. The summed E-state index contributed by atoms with van der Waals surface area (Å²) < 4.78 is 0. The van der Waals surface area contributed by atoms with Gasteiger partial charge in [0.1, 0.15) is 6.04 Å². The van der Waals surface area contributed by atoms with E-state index in [1.54, 1.807) is 0 Å². The lowest BCUT2D eigenvalue weighted by molar-refractivity contribution is -0.143. The average molecular weight is 259 g/mol. The third-order valence-electron chi connectivity index (χ3n) is 5.02. The van der Waals surface area contributed by atoms with Gasteiger partial charge in [-0.25, -0.2) is 0 Å². The lowest BCUT2D eigenvalue weighted by Crippen LogP contribution is -2.47. The van der Waals surface area contributed by atoms with Gasteiger partial charge >= 0.3 is 5.97 Å². The molecule has 0 unspecified atom stereocenters. The topological polar surface area (TPSA) is 49.3 Å². The Bertz CT molecular complexity index is 459. The summed E-state index contributed by atoms with van der Waals surface area (Å²) in [4.78, 5) is 11.6. The monoisotopic (exact) mass is 259 g/mol. The van der Waals surface area contributed by atoms with Crippen LogP contribution in [-0.4, -0.2) is 23.7 Å². The first-order valence-corrected chi connectivity index (χ1v) is 7.22. The molecule has 0 radical (unpaired) electrons. The van der Waals surface area contributed by atoms with E-state index in [0.717, 1.165) is 25.8 Å². The summed E-state index contributed by atoms with van der Waals surface area (Å²) in [6, 6.07) is 9.97. The molecule has 19 heavy (non-hydrogen) atoms. The first-order valence-electron chi connectivity index (χ1n) is 7.22. The molecule has 1 saturated heterocycles. The predicted molar refractivity (Wildman–Crippen MR) is 74.0 cm³/mol. The molecule has 3 atom stereocenters. The van der Waals surface area contributed by atoms with Crippen molar-refractivity contribution in [1.29, 1.82) is 0 Å². The van der Waals surface area contributed by atoms with E-state index in [0.29, 0.717) is 5.92 Å². The standard InChI is InChI=1S/C16H21NO2/c18-15(19)14-16(10-12-6-2-1-3-7-12)9-5-4-8-13(16)11-17-14/h1-3,6-7,13-14,17H,4-5,8-11H2,(H,18,19)/t13-,14+,16+/m0/s1. The van der Waals surface area contributed by atoms with Gasteiger partial charge in [-0.2, -0.15) is 0 Å². The summed E-state index contributed by atoms with van der Waals surface area (Å²) >= 11 is 0. The molecule has 1 heterocycles. The minimum atomic E-state index is -0.680. The molecular formula is C16H21NO2. The largest absolute Gasteiger partial charge is 0.480 e. The zero-order chi connectivity index (χ0) is 13.3. The van der Waals surface area contributed by atoms with Crippen molar-refractivity contribution >= 4 is 5.97 Å². The maximum atomic E-state index is 11.6. The van der Waals surface area contributed by atoms with Crippen LogP contribution in [0.1, 0.15) is 31.2 Å². The van der Waals surface area contributed by atoms with Crippen LogP contribution in [0.4, 0.5) is 0 Å². The fourth-order valence-electron chi connectivity index (χ4n) is 4.13. The van der Waals surface area contributed by atoms with Crippen molar-refractivity contribution in [3.05, 3.63) is 35.9 Å². The van der Waals surface area contributed by atoms with Crippen molar-refractivity contribution < 1.29 is 9.90 Å². The lowest BCUT2D eigenvalue weighted by atomic mass is 9.62. The molecule has 2 fully saturated rings. The maximum Gasteiger partial charge on any atom is 0.321 e. The quantitative estimate of drug-likeness (QED) is 0.876. The number of carboxylic acid groups (broad SMARTS) is 1. The predicted octanol–water partition coefficient (Wildman–Crippen LogP) is 2.46. The Morgan fingerprint density at radius 1 is 1.32 bits per heavy atom. The molecule has 3 heteroatoms. The summed E-state index contributed by atoms with van der Waals surface area (Å²) in [6.07, 6.45) is 5.51. The Morgan fingerprint density at radius 2 is 2.11 bits per heavy atom. The van der Waals surface area contributed by atoms with E-state index in [-0.39, 0.29) is 11.5 Å². The Labute approximate surface area is 114 Å². The molecule has 2 N–H and O–H groups in total. The number of carboxylic acids is 1. The molecule has 1 aromatic carbocycles. The van der Waals surface area contributed by atoms with Gasteiger partial charge in [-0.3, -0.25) is 4.79 Å². The molecular weight excluding hydrogens is 238 g/mol. The second-order valence-electron chi connectivity index (χ2n) is 6.02. The highest BCUT2D eigenvalue weighted by atomic mass is 16.4. The number of hydrogen-bond donors (Lipinski definition) is 2. The minimum Gasteiger partial charge on any atom is -0.480 e. The van der Waals surface area contributed by atoms with Crippen molar-refractivity contribution in [2.45, 2.75) is 38.1 Å². The number of rotatable bonds is 3. The van der Waals surface area contributed by atoms with Gasteiger partial charge in [0.15, 0.2) is 0 Å². The average Bonchev–Trinajstić information content (AvgIpc) is 2.78. The molecule has 0 amide bonds. The van der Waals surface area contributed by atoms with Crippen LogP contribution in [0.25, 0.3) is 0 Å². The van der Waals surface area contributed by atoms with Crippen molar-refractivity contribution in [3.63, 3.8) is 0 Å². The molecule has 102 valence electrons. The molecule has 2 aliphatic rings. The Morgan fingerprint density at radius 3 is 2.84 bits per heavy atom. The summed E-state index contributed by atoms with van der Waals surface area (Å²) in [7, 11) is 0. The summed E-state index contributed by atoms with van der Waals surface area (Å²) in [5.41, 5.74) is 1.19. The van der Waals surface area contributed by atoms with Crippen LogP contribution in [-0.2, 0) is 11.2 Å². The molecule has 1 aromatic rings. The van der Waals surface area contributed by atoms with Crippen LogP contribution in [0.5, 0.6) is 0 Å².